The van der Waals surface area contributed by atoms with Gasteiger partial charge in [0.25, 0.3) is 5.91 Å². The molecule has 0 bridgehead atoms. The molecule has 2 heterocycles. The number of aromatic nitrogens is 2. The molecule has 0 aliphatic carbocycles. The molecule has 0 saturated heterocycles. The van der Waals surface area contributed by atoms with Gasteiger partial charge < -0.3 is 5.32 Å². The van der Waals surface area contributed by atoms with Crippen LogP contribution in [0.15, 0.2) is 60.9 Å². The normalized spacial score (nSPS) is 12.4. The van der Waals surface area contributed by atoms with Crippen LogP contribution in [0, 0.1) is 0 Å². The predicted octanol–water partition coefficient (Wildman–Crippen LogP) is 5.14. The zero-order chi connectivity index (χ0) is 21.0. The number of carbonyl (C=O) groups excluding carboxylic acids is 1. The van der Waals surface area contributed by atoms with Crippen LogP contribution in [-0.2, 0) is 12.9 Å². The van der Waals surface area contributed by atoms with Gasteiger partial charge in [-0.3, -0.25) is 9.78 Å². The summed E-state index contributed by atoms with van der Waals surface area (Å²) < 4.78 is 53.4. The smallest absolute Gasteiger partial charge is 0.339 e. The van der Waals surface area contributed by atoms with E-state index in [2.05, 4.69) is 15.3 Å². The monoisotopic (exact) mass is 423 g/mol. The van der Waals surface area contributed by atoms with Gasteiger partial charge >= 0.3 is 6.18 Å². The van der Waals surface area contributed by atoms with Crippen molar-refractivity contribution in [3.63, 3.8) is 0 Å². The Bertz CT molecular complexity index is 992. The van der Waals surface area contributed by atoms with Crippen molar-refractivity contribution in [3.8, 4) is 0 Å². The number of halogens is 5. The van der Waals surface area contributed by atoms with Gasteiger partial charge in [-0.05, 0) is 35.4 Å². The van der Waals surface area contributed by atoms with E-state index in [0.29, 0.717) is 11.1 Å². The molecular formula is C20H14ClF4N3O. The fraction of sp³-hybridized carbons (Fsp3) is 0.150. The van der Waals surface area contributed by atoms with E-state index in [1.165, 1.54) is 54.9 Å². The zero-order valence-electron chi connectivity index (χ0n) is 14.8. The maximum absolute atomic E-state index is 13.5. The van der Waals surface area contributed by atoms with Gasteiger partial charge in [0, 0.05) is 12.4 Å². The Labute approximate surface area is 168 Å². The van der Waals surface area contributed by atoms with Gasteiger partial charge in [-0.25, -0.2) is 9.37 Å². The molecule has 1 amide bonds. The van der Waals surface area contributed by atoms with Gasteiger partial charge in [-0.15, -0.1) is 0 Å². The van der Waals surface area contributed by atoms with Crippen molar-refractivity contribution in [2.75, 3.05) is 0 Å². The highest BCUT2D eigenvalue weighted by atomic mass is 35.5. The highest BCUT2D eigenvalue weighted by molar-refractivity contribution is 6.29. The predicted molar refractivity (Wildman–Crippen MR) is 99.0 cm³/mol. The first-order chi connectivity index (χ1) is 13.8. The van der Waals surface area contributed by atoms with Gasteiger partial charge in [0.15, 0.2) is 0 Å². The average Bonchev–Trinajstić information content (AvgIpc) is 2.72. The van der Waals surface area contributed by atoms with E-state index in [9.17, 15) is 22.4 Å². The molecule has 1 aromatic carbocycles. The van der Waals surface area contributed by atoms with Crippen molar-refractivity contribution in [3.05, 3.63) is 94.0 Å². The van der Waals surface area contributed by atoms with E-state index in [0.717, 1.165) is 6.07 Å². The lowest BCUT2D eigenvalue weighted by molar-refractivity contribution is -0.138. The number of carbonyl (C=O) groups is 1. The molecule has 2 aromatic heterocycles. The van der Waals surface area contributed by atoms with Crippen molar-refractivity contribution in [1.82, 2.24) is 15.3 Å². The Balaban J connectivity index is 2.05. The number of hydrogen-bond acceptors (Lipinski definition) is 3. The summed E-state index contributed by atoms with van der Waals surface area (Å²) in [4.78, 5) is 20.3. The number of pyridine rings is 2. The second kappa shape index (κ2) is 8.57. The minimum Gasteiger partial charge on any atom is -0.339 e. The summed E-state index contributed by atoms with van der Waals surface area (Å²) in [6, 6.07) is 9.42. The standard InChI is InChI=1S/C20H14ClF4N3O/c21-16-8-7-14(11-27-16)19(29)28-17(13-5-3-12(10-22)4-6-13)18-15(20(23,24)25)2-1-9-26-18/h1-9,11,17H,10H2,(H,28,29)/t17-/m0/s1. The number of benzene rings is 1. The van der Waals surface area contributed by atoms with Crippen LogP contribution < -0.4 is 5.32 Å². The SMILES string of the molecule is O=C(N[C@@H](c1ccc(CF)cc1)c1ncccc1C(F)(F)F)c1ccc(Cl)nc1. The number of amides is 1. The molecule has 0 spiro atoms. The molecule has 1 atom stereocenters. The molecule has 0 saturated carbocycles. The first-order valence-electron chi connectivity index (χ1n) is 8.39. The molecule has 9 heteroatoms. The van der Waals surface area contributed by atoms with Crippen LogP contribution in [0.1, 0.15) is 38.8 Å². The van der Waals surface area contributed by atoms with Crippen molar-refractivity contribution >= 4 is 17.5 Å². The summed E-state index contributed by atoms with van der Waals surface area (Å²) in [6.07, 6.45) is -2.25. The molecule has 1 N–H and O–H groups in total. The third-order valence-corrected chi connectivity index (χ3v) is 4.37. The Kier molecular flexibility index (Phi) is 6.12. The Morgan fingerprint density at radius 2 is 1.79 bits per heavy atom. The molecule has 0 aliphatic heterocycles. The highest BCUT2D eigenvalue weighted by Gasteiger charge is 2.37. The van der Waals surface area contributed by atoms with E-state index in [-0.39, 0.29) is 16.4 Å². The lowest BCUT2D eigenvalue weighted by atomic mass is 9.97. The fourth-order valence-electron chi connectivity index (χ4n) is 2.72. The van der Waals surface area contributed by atoms with E-state index >= 15 is 0 Å². The molecule has 150 valence electrons. The van der Waals surface area contributed by atoms with Crippen LogP contribution in [0.3, 0.4) is 0 Å². The van der Waals surface area contributed by atoms with Crippen LogP contribution >= 0.6 is 11.6 Å². The molecule has 0 fully saturated rings. The van der Waals surface area contributed by atoms with Crippen molar-refractivity contribution in [2.45, 2.75) is 18.9 Å². The van der Waals surface area contributed by atoms with Gasteiger partial charge in [0.1, 0.15) is 11.8 Å². The second-order valence-corrected chi connectivity index (χ2v) is 6.47. The minimum atomic E-state index is -4.67. The van der Waals surface area contributed by atoms with Crippen molar-refractivity contribution in [2.24, 2.45) is 0 Å². The van der Waals surface area contributed by atoms with E-state index in [4.69, 9.17) is 11.6 Å². The van der Waals surface area contributed by atoms with E-state index in [1.54, 1.807) is 0 Å². The average molecular weight is 424 g/mol. The van der Waals surface area contributed by atoms with E-state index < -0.39 is 30.4 Å². The topological polar surface area (TPSA) is 54.9 Å². The molecule has 0 unspecified atom stereocenters. The number of nitrogens with zero attached hydrogens (tertiary/aromatic N) is 2. The largest absolute Gasteiger partial charge is 0.418 e. The summed E-state index contributed by atoms with van der Waals surface area (Å²) in [7, 11) is 0. The molecule has 4 nitrogen and oxygen atoms in total. The maximum atomic E-state index is 13.5. The van der Waals surface area contributed by atoms with Gasteiger partial charge in [-0.2, -0.15) is 13.2 Å². The molecule has 29 heavy (non-hydrogen) atoms. The number of alkyl halides is 4. The van der Waals surface area contributed by atoms with Gasteiger partial charge in [0.2, 0.25) is 0 Å². The summed E-state index contributed by atoms with van der Waals surface area (Å²) in [5.74, 6) is -0.660. The van der Waals surface area contributed by atoms with Gasteiger partial charge in [-0.1, -0.05) is 35.9 Å². The van der Waals surface area contributed by atoms with Crippen LogP contribution in [0.25, 0.3) is 0 Å². The Morgan fingerprint density at radius 1 is 1.07 bits per heavy atom. The second-order valence-electron chi connectivity index (χ2n) is 6.09. The van der Waals surface area contributed by atoms with E-state index in [1.807, 2.05) is 0 Å². The number of hydrogen-bond donors (Lipinski definition) is 1. The fourth-order valence-corrected chi connectivity index (χ4v) is 2.83. The minimum absolute atomic E-state index is 0.115. The summed E-state index contributed by atoms with van der Waals surface area (Å²) >= 11 is 5.70. The van der Waals surface area contributed by atoms with Crippen LogP contribution in [0.4, 0.5) is 17.6 Å². The molecule has 0 radical (unpaired) electrons. The van der Waals surface area contributed by atoms with Crippen LogP contribution in [-0.4, -0.2) is 15.9 Å². The lowest BCUT2D eigenvalue weighted by Crippen LogP contribution is -2.31. The zero-order valence-corrected chi connectivity index (χ0v) is 15.5. The van der Waals surface area contributed by atoms with Crippen molar-refractivity contribution in [1.29, 1.82) is 0 Å². The summed E-state index contributed by atoms with van der Waals surface area (Å²) in [6.45, 7) is -0.717. The summed E-state index contributed by atoms with van der Waals surface area (Å²) in [5, 5.41) is 2.73. The Morgan fingerprint density at radius 3 is 2.38 bits per heavy atom. The lowest BCUT2D eigenvalue weighted by Gasteiger charge is -2.22. The molecule has 0 aliphatic rings. The number of rotatable bonds is 5. The highest BCUT2D eigenvalue weighted by Crippen LogP contribution is 2.35. The first kappa shape index (κ1) is 20.7. The third kappa shape index (κ3) is 4.89. The van der Waals surface area contributed by atoms with Crippen molar-refractivity contribution < 1.29 is 22.4 Å². The molecule has 3 rings (SSSR count). The van der Waals surface area contributed by atoms with Gasteiger partial charge in [0.05, 0.1) is 22.9 Å². The first-order valence-corrected chi connectivity index (χ1v) is 8.76. The van der Waals surface area contributed by atoms with Crippen LogP contribution in [0.5, 0.6) is 0 Å². The third-order valence-electron chi connectivity index (χ3n) is 4.15. The number of nitrogens with one attached hydrogen (secondary N) is 1. The maximum Gasteiger partial charge on any atom is 0.418 e. The summed E-state index contributed by atoms with van der Waals surface area (Å²) in [5.41, 5.74) is -0.555. The molecule has 3 aromatic rings. The Hall–Kier alpha value is -3.00. The molecular weight excluding hydrogens is 410 g/mol. The van der Waals surface area contributed by atoms with Crippen LogP contribution in [0.2, 0.25) is 5.15 Å². The quantitative estimate of drug-likeness (QED) is 0.457.